The molecule has 6 nitrogen and oxygen atoms in total. The van der Waals surface area contributed by atoms with E-state index in [0.717, 1.165) is 5.56 Å². The van der Waals surface area contributed by atoms with E-state index >= 15 is 0 Å². The molecule has 1 unspecified atom stereocenters. The van der Waals surface area contributed by atoms with Crippen molar-refractivity contribution in [2.45, 2.75) is 19.4 Å². The maximum absolute atomic E-state index is 12.6. The van der Waals surface area contributed by atoms with E-state index in [-0.39, 0.29) is 24.4 Å². The topological polar surface area (TPSA) is 81.9 Å². The molecule has 0 radical (unpaired) electrons. The molecule has 114 valence electrons. The average Bonchev–Trinajstić information content (AvgIpc) is 2.49. The van der Waals surface area contributed by atoms with Crippen LogP contribution in [0.4, 0.5) is 5.69 Å². The van der Waals surface area contributed by atoms with Gasteiger partial charge in [0.1, 0.15) is 0 Å². The van der Waals surface area contributed by atoms with Crippen molar-refractivity contribution in [2.24, 2.45) is 0 Å². The Morgan fingerprint density at radius 2 is 2.24 bits per heavy atom. The number of hydrogen-bond donors (Lipinski definition) is 1. The van der Waals surface area contributed by atoms with Crippen LogP contribution in [0.1, 0.15) is 22.3 Å². The highest BCUT2D eigenvalue weighted by molar-refractivity contribution is 5.97. The van der Waals surface area contributed by atoms with Gasteiger partial charge < -0.3 is 20.1 Å². The fourth-order valence-electron chi connectivity index (χ4n) is 2.35. The number of esters is 1. The Morgan fingerprint density at radius 1 is 1.48 bits per heavy atom. The number of morpholine rings is 1. The quantitative estimate of drug-likeness (QED) is 0.663. The van der Waals surface area contributed by atoms with Crippen LogP contribution in [-0.4, -0.2) is 49.7 Å². The molecule has 1 aromatic carbocycles. The van der Waals surface area contributed by atoms with Gasteiger partial charge in [0.25, 0.3) is 5.91 Å². The van der Waals surface area contributed by atoms with Crippen LogP contribution in [0.25, 0.3) is 0 Å². The zero-order valence-electron chi connectivity index (χ0n) is 12.3. The first-order valence-electron chi connectivity index (χ1n) is 6.85. The number of anilines is 1. The minimum absolute atomic E-state index is 0.0852. The number of nitrogens with zero attached hydrogens (tertiary/aromatic N) is 1. The van der Waals surface area contributed by atoms with Gasteiger partial charge in [-0.15, -0.1) is 0 Å². The molecule has 0 bridgehead atoms. The lowest BCUT2D eigenvalue weighted by molar-refractivity contribution is -0.145. The number of nitrogens with two attached hydrogens (primary N) is 1. The summed E-state index contributed by atoms with van der Waals surface area (Å²) in [6.45, 7) is 3.12. The Morgan fingerprint density at radius 3 is 2.95 bits per heavy atom. The number of amides is 1. The first kappa shape index (κ1) is 15.3. The second-order valence-corrected chi connectivity index (χ2v) is 5.04. The molecule has 2 N–H and O–H groups in total. The molecule has 21 heavy (non-hydrogen) atoms. The lowest BCUT2D eigenvalue weighted by atomic mass is 10.0. The van der Waals surface area contributed by atoms with Crippen LogP contribution >= 0.6 is 0 Å². The molecule has 1 amide bonds. The summed E-state index contributed by atoms with van der Waals surface area (Å²) in [5.41, 5.74) is 7.81. The van der Waals surface area contributed by atoms with Gasteiger partial charge in [0.15, 0.2) is 0 Å². The second kappa shape index (κ2) is 6.58. The molecule has 0 saturated carbocycles. The van der Waals surface area contributed by atoms with E-state index in [4.69, 9.17) is 10.5 Å². The largest absolute Gasteiger partial charge is 0.469 e. The number of nitrogen functional groups attached to an aromatic ring is 1. The van der Waals surface area contributed by atoms with E-state index in [1.807, 2.05) is 6.92 Å². The predicted octanol–water partition coefficient (Wildman–Crippen LogP) is 0.981. The molecule has 1 fully saturated rings. The average molecular weight is 292 g/mol. The van der Waals surface area contributed by atoms with Gasteiger partial charge in [-0.3, -0.25) is 9.59 Å². The minimum Gasteiger partial charge on any atom is -0.469 e. The summed E-state index contributed by atoms with van der Waals surface area (Å²) in [7, 11) is 1.34. The Balaban J connectivity index is 2.08. The monoisotopic (exact) mass is 292 g/mol. The fraction of sp³-hybridized carbons (Fsp3) is 0.467. The summed E-state index contributed by atoms with van der Waals surface area (Å²) in [6, 6.07) is 5.30. The molecule has 0 spiro atoms. The first-order valence-corrected chi connectivity index (χ1v) is 6.85. The van der Waals surface area contributed by atoms with Crippen molar-refractivity contribution in [3.63, 3.8) is 0 Å². The fourth-order valence-corrected chi connectivity index (χ4v) is 2.35. The van der Waals surface area contributed by atoms with Gasteiger partial charge in [0, 0.05) is 24.3 Å². The molecule has 0 aliphatic carbocycles. The van der Waals surface area contributed by atoms with Crippen LogP contribution in [0, 0.1) is 6.92 Å². The standard InChI is InChI=1S/C15H20N2O4/c1-10-12(4-3-5-13(10)16)15(19)17-6-7-21-11(9-17)8-14(18)20-2/h3-5,11H,6-9,16H2,1-2H3. The van der Waals surface area contributed by atoms with Crippen molar-refractivity contribution in [2.75, 3.05) is 32.5 Å². The number of rotatable bonds is 3. The summed E-state index contributed by atoms with van der Waals surface area (Å²) >= 11 is 0. The number of carbonyl (C=O) groups excluding carboxylic acids is 2. The molecule has 0 aromatic heterocycles. The van der Waals surface area contributed by atoms with Crippen molar-refractivity contribution in [1.29, 1.82) is 0 Å². The van der Waals surface area contributed by atoms with Gasteiger partial charge in [-0.1, -0.05) is 6.07 Å². The predicted molar refractivity (Wildman–Crippen MR) is 77.9 cm³/mol. The van der Waals surface area contributed by atoms with Gasteiger partial charge >= 0.3 is 5.97 Å². The summed E-state index contributed by atoms with van der Waals surface area (Å²) in [6.07, 6.45) is -0.174. The zero-order chi connectivity index (χ0) is 15.4. The minimum atomic E-state index is -0.338. The zero-order valence-corrected chi connectivity index (χ0v) is 12.3. The van der Waals surface area contributed by atoms with E-state index in [1.54, 1.807) is 23.1 Å². The molecule has 2 rings (SSSR count). The molecule has 1 aliphatic heterocycles. The van der Waals surface area contributed by atoms with Gasteiger partial charge in [-0.25, -0.2) is 0 Å². The summed E-state index contributed by atoms with van der Waals surface area (Å²) < 4.78 is 10.1. The van der Waals surface area contributed by atoms with Crippen LogP contribution in [0.15, 0.2) is 18.2 Å². The number of methoxy groups -OCH3 is 1. The molecule has 6 heteroatoms. The van der Waals surface area contributed by atoms with Gasteiger partial charge in [-0.2, -0.15) is 0 Å². The Labute approximate surface area is 123 Å². The Kier molecular flexibility index (Phi) is 4.80. The van der Waals surface area contributed by atoms with Crippen LogP contribution in [0.2, 0.25) is 0 Å². The highest BCUT2D eigenvalue weighted by atomic mass is 16.5. The molecule has 1 aromatic rings. The van der Waals surface area contributed by atoms with Crippen LogP contribution in [0.3, 0.4) is 0 Å². The molecule has 1 atom stereocenters. The normalized spacial score (nSPS) is 18.4. The lowest BCUT2D eigenvalue weighted by Gasteiger charge is -2.33. The lowest BCUT2D eigenvalue weighted by Crippen LogP contribution is -2.46. The van der Waals surface area contributed by atoms with E-state index in [9.17, 15) is 9.59 Å². The van der Waals surface area contributed by atoms with Gasteiger partial charge in [0.2, 0.25) is 0 Å². The van der Waals surface area contributed by atoms with Gasteiger partial charge in [0.05, 0.1) is 26.2 Å². The summed E-state index contributed by atoms with van der Waals surface area (Å²) in [4.78, 5) is 25.6. The molecule has 1 heterocycles. The third-order valence-electron chi connectivity index (χ3n) is 3.65. The third kappa shape index (κ3) is 3.52. The smallest absolute Gasteiger partial charge is 0.308 e. The van der Waals surface area contributed by atoms with Crippen molar-refractivity contribution < 1.29 is 19.1 Å². The van der Waals surface area contributed by atoms with Crippen molar-refractivity contribution in [3.8, 4) is 0 Å². The van der Waals surface area contributed by atoms with E-state index in [2.05, 4.69) is 4.74 Å². The van der Waals surface area contributed by atoms with Crippen LogP contribution in [-0.2, 0) is 14.3 Å². The molecule has 1 aliphatic rings. The van der Waals surface area contributed by atoms with Crippen molar-refractivity contribution in [3.05, 3.63) is 29.3 Å². The number of carbonyl (C=O) groups is 2. The first-order chi connectivity index (χ1) is 10.0. The maximum Gasteiger partial charge on any atom is 0.308 e. The molecular formula is C15H20N2O4. The third-order valence-corrected chi connectivity index (χ3v) is 3.65. The van der Waals surface area contributed by atoms with E-state index < -0.39 is 0 Å². The SMILES string of the molecule is COC(=O)CC1CN(C(=O)c2cccc(N)c2C)CCO1. The Hall–Kier alpha value is -2.08. The maximum atomic E-state index is 12.6. The summed E-state index contributed by atoms with van der Waals surface area (Å²) in [5.74, 6) is -0.424. The molecular weight excluding hydrogens is 272 g/mol. The van der Waals surface area contributed by atoms with Crippen molar-refractivity contribution in [1.82, 2.24) is 4.90 Å². The Bertz CT molecular complexity index is 544. The van der Waals surface area contributed by atoms with Gasteiger partial charge in [-0.05, 0) is 24.6 Å². The number of hydrogen-bond acceptors (Lipinski definition) is 5. The van der Waals surface area contributed by atoms with Crippen molar-refractivity contribution >= 4 is 17.6 Å². The highest BCUT2D eigenvalue weighted by Gasteiger charge is 2.27. The summed E-state index contributed by atoms with van der Waals surface area (Å²) in [5, 5.41) is 0. The van der Waals surface area contributed by atoms with E-state index in [1.165, 1.54) is 7.11 Å². The second-order valence-electron chi connectivity index (χ2n) is 5.04. The highest BCUT2D eigenvalue weighted by Crippen LogP contribution is 2.19. The van der Waals surface area contributed by atoms with E-state index in [0.29, 0.717) is 30.9 Å². The number of ether oxygens (including phenoxy) is 2. The van der Waals surface area contributed by atoms with Crippen LogP contribution < -0.4 is 5.73 Å². The molecule has 1 saturated heterocycles. The number of benzene rings is 1. The van der Waals surface area contributed by atoms with Crippen LogP contribution in [0.5, 0.6) is 0 Å².